The van der Waals surface area contributed by atoms with E-state index in [1.54, 1.807) is 14.2 Å². The second kappa shape index (κ2) is 13.8. The van der Waals surface area contributed by atoms with Gasteiger partial charge in [0.05, 0.1) is 19.9 Å². The summed E-state index contributed by atoms with van der Waals surface area (Å²) in [6.45, 7) is 17.2. The molecular formula is C29H46N4O4. The third-order valence-corrected chi connectivity index (χ3v) is 6.83. The SMILES string of the molecule is COc1ccc(-c2nc(CN3CCC(C(=O)NCCN(CC(C)C)CC(C)C)CC3)c(C)o2)cc1OC. The van der Waals surface area contributed by atoms with Gasteiger partial charge in [-0.15, -0.1) is 0 Å². The minimum Gasteiger partial charge on any atom is -0.493 e. The number of likely N-dealkylation sites (tertiary alicyclic amines) is 1. The van der Waals surface area contributed by atoms with Crippen LogP contribution in [0.4, 0.5) is 0 Å². The Morgan fingerprint density at radius 1 is 1.11 bits per heavy atom. The predicted octanol–water partition coefficient (Wildman–Crippen LogP) is 4.61. The lowest BCUT2D eigenvalue weighted by molar-refractivity contribution is -0.126. The third kappa shape index (κ3) is 8.47. The van der Waals surface area contributed by atoms with Crippen molar-refractivity contribution in [2.24, 2.45) is 17.8 Å². The molecule has 0 radical (unpaired) electrons. The maximum atomic E-state index is 12.8. The van der Waals surface area contributed by atoms with E-state index in [9.17, 15) is 4.79 Å². The van der Waals surface area contributed by atoms with E-state index in [2.05, 4.69) is 42.8 Å². The fourth-order valence-electron chi connectivity index (χ4n) is 5.00. The first-order chi connectivity index (χ1) is 17.7. The number of benzene rings is 1. The largest absolute Gasteiger partial charge is 0.493 e. The molecule has 2 aromatic rings. The Balaban J connectivity index is 1.48. The number of rotatable bonds is 13. The fraction of sp³-hybridized carbons (Fsp3) is 0.655. The number of carbonyl (C=O) groups is 1. The lowest BCUT2D eigenvalue weighted by Crippen LogP contribution is -2.43. The molecule has 1 aliphatic rings. The van der Waals surface area contributed by atoms with Crippen LogP contribution in [0.1, 0.15) is 52.0 Å². The first-order valence-corrected chi connectivity index (χ1v) is 13.6. The smallest absolute Gasteiger partial charge is 0.226 e. The molecule has 0 atom stereocenters. The molecule has 1 aromatic heterocycles. The number of hydrogen-bond donors (Lipinski definition) is 1. The average Bonchev–Trinajstić information content (AvgIpc) is 3.23. The summed E-state index contributed by atoms with van der Waals surface area (Å²) in [7, 11) is 3.24. The molecule has 2 heterocycles. The molecule has 1 aromatic carbocycles. The molecule has 1 fully saturated rings. The molecule has 3 rings (SSSR count). The maximum absolute atomic E-state index is 12.8. The maximum Gasteiger partial charge on any atom is 0.226 e. The van der Waals surface area contributed by atoms with Crippen molar-refractivity contribution < 1.29 is 18.7 Å². The van der Waals surface area contributed by atoms with Gasteiger partial charge in [-0.25, -0.2) is 4.98 Å². The highest BCUT2D eigenvalue weighted by Crippen LogP contribution is 2.33. The van der Waals surface area contributed by atoms with Gasteiger partial charge in [0.1, 0.15) is 5.76 Å². The number of nitrogens with one attached hydrogen (secondary N) is 1. The van der Waals surface area contributed by atoms with E-state index in [-0.39, 0.29) is 11.8 Å². The number of ether oxygens (including phenoxy) is 2. The Kier molecular flexibility index (Phi) is 10.8. The van der Waals surface area contributed by atoms with Gasteiger partial charge in [-0.2, -0.15) is 0 Å². The zero-order valence-corrected chi connectivity index (χ0v) is 23.8. The molecule has 0 unspecified atom stereocenters. The Morgan fingerprint density at radius 3 is 2.35 bits per heavy atom. The lowest BCUT2D eigenvalue weighted by Gasteiger charge is -2.31. The number of carbonyl (C=O) groups excluding carboxylic acids is 1. The van der Waals surface area contributed by atoms with Gasteiger partial charge in [0, 0.05) is 44.2 Å². The summed E-state index contributed by atoms with van der Waals surface area (Å²) in [5.74, 6) is 4.24. The molecule has 0 spiro atoms. The van der Waals surface area contributed by atoms with Crippen molar-refractivity contribution in [3.05, 3.63) is 29.7 Å². The Labute approximate surface area is 222 Å². The van der Waals surface area contributed by atoms with E-state index < -0.39 is 0 Å². The topological polar surface area (TPSA) is 80.1 Å². The highest BCUT2D eigenvalue weighted by molar-refractivity contribution is 5.78. The van der Waals surface area contributed by atoms with Crippen LogP contribution in [0.25, 0.3) is 11.5 Å². The van der Waals surface area contributed by atoms with Crippen molar-refractivity contribution in [3.63, 3.8) is 0 Å². The molecule has 8 nitrogen and oxygen atoms in total. The number of aryl methyl sites for hydroxylation is 1. The molecule has 0 saturated carbocycles. The Morgan fingerprint density at radius 2 is 1.76 bits per heavy atom. The molecule has 206 valence electrons. The molecule has 1 aliphatic heterocycles. The van der Waals surface area contributed by atoms with Crippen LogP contribution in [0.3, 0.4) is 0 Å². The summed E-state index contributed by atoms with van der Waals surface area (Å²) < 4.78 is 16.7. The monoisotopic (exact) mass is 514 g/mol. The second-order valence-electron chi connectivity index (χ2n) is 11.0. The van der Waals surface area contributed by atoms with Crippen LogP contribution in [0, 0.1) is 24.7 Å². The number of amides is 1. The fourth-order valence-corrected chi connectivity index (χ4v) is 5.00. The minimum absolute atomic E-state index is 0.0839. The molecular weight excluding hydrogens is 468 g/mol. The molecule has 1 saturated heterocycles. The Bertz CT molecular complexity index is 986. The highest BCUT2D eigenvalue weighted by atomic mass is 16.5. The number of nitrogens with zero attached hydrogens (tertiary/aromatic N) is 3. The number of aromatic nitrogens is 1. The van der Waals surface area contributed by atoms with Crippen LogP contribution in [-0.2, 0) is 11.3 Å². The van der Waals surface area contributed by atoms with Crippen molar-refractivity contribution in [1.29, 1.82) is 0 Å². The number of methoxy groups -OCH3 is 2. The van der Waals surface area contributed by atoms with Gasteiger partial charge in [-0.1, -0.05) is 27.7 Å². The zero-order chi connectivity index (χ0) is 26.9. The number of hydrogen-bond acceptors (Lipinski definition) is 7. The van der Waals surface area contributed by atoms with Crippen LogP contribution in [-0.4, -0.2) is 74.2 Å². The summed E-state index contributed by atoms with van der Waals surface area (Å²) in [5.41, 5.74) is 1.78. The molecule has 8 heteroatoms. The zero-order valence-electron chi connectivity index (χ0n) is 23.8. The molecule has 1 N–H and O–H groups in total. The standard InChI is InChI=1S/C29H46N4O4/c1-20(2)17-33(18-21(3)4)15-12-30-28(34)23-10-13-32(14-11-23)19-25-22(5)37-29(31-25)24-8-9-26(35-6)27(16-24)36-7/h8-9,16,20-21,23H,10-15,17-19H2,1-7H3,(H,30,34). The van der Waals surface area contributed by atoms with E-state index in [1.807, 2.05) is 25.1 Å². The van der Waals surface area contributed by atoms with Crippen LogP contribution in [0.5, 0.6) is 11.5 Å². The second-order valence-corrected chi connectivity index (χ2v) is 11.0. The van der Waals surface area contributed by atoms with Gasteiger partial charge in [0.2, 0.25) is 11.8 Å². The van der Waals surface area contributed by atoms with Gasteiger partial charge >= 0.3 is 0 Å². The number of piperidine rings is 1. The summed E-state index contributed by atoms with van der Waals surface area (Å²) in [4.78, 5) is 22.4. The summed E-state index contributed by atoms with van der Waals surface area (Å²) >= 11 is 0. The molecule has 0 bridgehead atoms. The van der Waals surface area contributed by atoms with Crippen molar-refractivity contribution in [1.82, 2.24) is 20.1 Å². The van der Waals surface area contributed by atoms with Crippen LogP contribution in [0.15, 0.2) is 22.6 Å². The van der Waals surface area contributed by atoms with E-state index in [0.717, 1.165) is 75.7 Å². The number of oxazole rings is 1. The van der Waals surface area contributed by atoms with Crippen LogP contribution in [0.2, 0.25) is 0 Å². The third-order valence-electron chi connectivity index (χ3n) is 6.83. The van der Waals surface area contributed by atoms with Gasteiger partial charge in [-0.3, -0.25) is 9.69 Å². The van der Waals surface area contributed by atoms with Gasteiger partial charge < -0.3 is 24.1 Å². The van der Waals surface area contributed by atoms with Crippen molar-refractivity contribution in [2.75, 3.05) is 53.5 Å². The van der Waals surface area contributed by atoms with E-state index in [0.29, 0.717) is 29.2 Å². The molecule has 0 aliphatic carbocycles. The average molecular weight is 515 g/mol. The van der Waals surface area contributed by atoms with E-state index in [4.69, 9.17) is 18.9 Å². The van der Waals surface area contributed by atoms with Gasteiger partial charge in [0.25, 0.3) is 0 Å². The summed E-state index contributed by atoms with van der Waals surface area (Å²) in [6.07, 6.45) is 1.74. The van der Waals surface area contributed by atoms with Crippen LogP contribution >= 0.6 is 0 Å². The van der Waals surface area contributed by atoms with E-state index in [1.165, 1.54) is 0 Å². The van der Waals surface area contributed by atoms with E-state index >= 15 is 0 Å². The Hall–Kier alpha value is -2.58. The predicted molar refractivity (Wildman–Crippen MR) is 147 cm³/mol. The van der Waals surface area contributed by atoms with Crippen molar-refractivity contribution in [2.45, 2.75) is 54.0 Å². The quantitative estimate of drug-likeness (QED) is 0.418. The normalized spacial score (nSPS) is 15.1. The molecule has 37 heavy (non-hydrogen) atoms. The summed E-state index contributed by atoms with van der Waals surface area (Å²) in [5, 5.41) is 3.20. The first-order valence-electron chi connectivity index (χ1n) is 13.6. The van der Waals surface area contributed by atoms with Gasteiger partial charge in [-0.05, 0) is 62.9 Å². The minimum atomic E-state index is 0.0839. The van der Waals surface area contributed by atoms with Crippen molar-refractivity contribution in [3.8, 4) is 23.0 Å². The highest BCUT2D eigenvalue weighted by Gasteiger charge is 2.26. The van der Waals surface area contributed by atoms with Gasteiger partial charge in [0.15, 0.2) is 11.5 Å². The van der Waals surface area contributed by atoms with Crippen molar-refractivity contribution >= 4 is 5.91 Å². The lowest BCUT2D eigenvalue weighted by atomic mass is 9.96. The molecule has 1 amide bonds. The summed E-state index contributed by atoms with van der Waals surface area (Å²) in [6, 6.07) is 5.66. The first kappa shape index (κ1) is 29.0. The van der Waals surface area contributed by atoms with Crippen LogP contribution < -0.4 is 14.8 Å².